The first-order chi connectivity index (χ1) is 7.58. The molecule has 0 radical (unpaired) electrons. The van der Waals surface area contributed by atoms with Gasteiger partial charge in [-0.05, 0) is 52.7 Å². The van der Waals surface area contributed by atoms with E-state index in [1.54, 1.807) is 6.92 Å². The Morgan fingerprint density at radius 3 is 2.62 bits per heavy atom. The van der Waals surface area contributed by atoms with Gasteiger partial charge in [0.2, 0.25) is 0 Å². The van der Waals surface area contributed by atoms with E-state index in [0.717, 1.165) is 18.4 Å². The summed E-state index contributed by atoms with van der Waals surface area (Å²) >= 11 is 0. The molecule has 0 amide bonds. The fraction of sp³-hybridized carbons (Fsp3) is 0.923. The highest BCUT2D eigenvalue weighted by Gasteiger charge is 2.37. The van der Waals surface area contributed by atoms with Crippen LogP contribution in [0.4, 0.5) is 0 Å². The molecule has 2 saturated heterocycles. The topological polar surface area (TPSA) is 23.6 Å². The van der Waals surface area contributed by atoms with E-state index >= 15 is 0 Å². The molecule has 2 aliphatic heterocycles. The molecular weight excluding hydrogens is 200 g/mol. The number of Topliss-reactive ketones (excluding diaryl/α,β-unsaturated/α-hetero) is 1. The number of likely N-dealkylation sites (tertiary alicyclic amines) is 2. The molecule has 0 aromatic rings. The number of nitrogens with zero attached hydrogens (tertiary/aromatic N) is 2. The molecule has 3 heteroatoms. The summed E-state index contributed by atoms with van der Waals surface area (Å²) in [7, 11) is 4.42. The Bertz CT molecular complexity index is 267. The van der Waals surface area contributed by atoms with E-state index in [1.807, 2.05) is 0 Å². The van der Waals surface area contributed by atoms with Gasteiger partial charge in [-0.25, -0.2) is 0 Å². The number of carbonyl (C=O) groups is 1. The van der Waals surface area contributed by atoms with Crippen LogP contribution in [0.1, 0.15) is 32.6 Å². The summed E-state index contributed by atoms with van der Waals surface area (Å²) in [6, 6.07) is 1.26. The average Bonchev–Trinajstić information content (AvgIpc) is 2.73. The lowest BCUT2D eigenvalue weighted by atomic mass is 9.93. The highest BCUT2D eigenvalue weighted by molar-refractivity contribution is 5.76. The van der Waals surface area contributed by atoms with Crippen molar-refractivity contribution in [2.45, 2.75) is 44.7 Å². The third kappa shape index (κ3) is 2.46. The summed E-state index contributed by atoms with van der Waals surface area (Å²) in [5.74, 6) is 1.11. The molecule has 92 valence electrons. The molecule has 0 unspecified atom stereocenters. The number of hydrogen-bond donors (Lipinski definition) is 0. The molecule has 16 heavy (non-hydrogen) atoms. The second-order valence-corrected chi connectivity index (χ2v) is 5.69. The van der Waals surface area contributed by atoms with Gasteiger partial charge in [0.25, 0.3) is 0 Å². The lowest BCUT2D eigenvalue weighted by Gasteiger charge is -2.25. The quantitative estimate of drug-likeness (QED) is 0.723. The molecule has 0 bridgehead atoms. The SMILES string of the molecule is CC(=O)C[C@H]1C[C@H]([C@@H]2CCCN2C)CN1C. The van der Waals surface area contributed by atoms with Crippen LogP contribution in [0, 0.1) is 5.92 Å². The standard InChI is InChI=1S/C13H24N2O/c1-10(16)7-12-8-11(9-15(12)3)13-5-4-6-14(13)2/h11-13H,4-9H2,1-3H3/t11-,12-,13-/m0/s1. The minimum atomic E-state index is 0.331. The Morgan fingerprint density at radius 2 is 2.06 bits per heavy atom. The fourth-order valence-corrected chi connectivity index (χ4v) is 3.50. The number of hydrogen-bond acceptors (Lipinski definition) is 3. The maximum atomic E-state index is 11.2. The van der Waals surface area contributed by atoms with E-state index in [1.165, 1.54) is 32.4 Å². The summed E-state index contributed by atoms with van der Waals surface area (Å²) in [6.45, 7) is 4.14. The second-order valence-electron chi connectivity index (χ2n) is 5.69. The third-order valence-electron chi connectivity index (χ3n) is 4.36. The fourth-order valence-electron chi connectivity index (χ4n) is 3.50. The summed E-state index contributed by atoms with van der Waals surface area (Å²) < 4.78 is 0. The van der Waals surface area contributed by atoms with Crippen LogP contribution in [0.15, 0.2) is 0 Å². The molecule has 0 N–H and O–H groups in total. The molecule has 2 heterocycles. The number of carbonyl (C=O) groups excluding carboxylic acids is 1. The Morgan fingerprint density at radius 1 is 1.31 bits per heavy atom. The van der Waals surface area contributed by atoms with Gasteiger partial charge in [0.1, 0.15) is 5.78 Å². The van der Waals surface area contributed by atoms with Gasteiger partial charge in [0.15, 0.2) is 0 Å². The minimum Gasteiger partial charge on any atom is -0.303 e. The van der Waals surface area contributed by atoms with Crippen molar-refractivity contribution in [3.63, 3.8) is 0 Å². The first kappa shape index (κ1) is 12.1. The lowest BCUT2D eigenvalue weighted by Crippen LogP contribution is -2.33. The maximum Gasteiger partial charge on any atom is 0.131 e. The van der Waals surface area contributed by atoms with Gasteiger partial charge >= 0.3 is 0 Å². The van der Waals surface area contributed by atoms with Crippen LogP contribution in [0.2, 0.25) is 0 Å². The molecule has 2 rings (SSSR count). The van der Waals surface area contributed by atoms with Crippen molar-refractivity contribution in [2.75, 3.05) is 27.2 Å². The predicted molar refractivity (Wildman–Crippen MR) is 65.5 cm³/mol. The zero-order valence-corrected chi connectivity index (χ0v) is 10.8. The lowest BCUT2D eigenvalue weighted by molar-refractivity contribution is -0.117. The van der Waals surface area contributed by atoms with Crippen LogP contribution in [-0.4, -0.2) is 54.9 Å². The van der Waals surface area contributed by atoms with E-state index in [9.17, 15) is 4.79 Å². The summed E-state index contributed by atoms with van der Waals surface area (Å²) in [4.78, 5) is 16.1. The summed E-state index contributed by atoms with van der Waals surface area (Å²) in [5.41, 5.74) is 0. The molecule has 2 aliphatic rings. The van der Waals surface area contributed by atoms with E-state index < -0.39 is 0 Å². The summed E-state index contributed by atoms with van der Waals surface area (Å²) in [6.07, 6.45) is 4.65. The van der Waals surface area contributed by atoms with Crippen LogP contribution >= 0.6 is 0 Å². The second kappa shape index (κ2) is 4.84. The monoisotopic (exact) mass is 224 g/mol. The van der Waals surface area contributed by atoms with Crippen LogP contribution in [0.3, 0.4) is 0 Å². The Balaban J connectivity index is 1.92. The normalized spacial score (nSPS) is 37.1. The van der Waals surface area contributed by atoms with E-state index in [4.69, 9.17) is 0 Å². The van der Waals surface area contributed by atoms with E-state index in [0.29, 0.717) is 11.8 Å². The number of rotatable bonds is 3. The predicted octanol–water partition coefficient (Wildman–Crippen LogP) is 1.38. The van der Waals surface area contributed by atoms with E-state index in [-0.39, 0.29) is 0 Å². The molecule has 3 nitrogen and oxygen atoms in total. The highest BCUT2D eigenvalue weighted by atomic mass is 16.1. The number of ketones is 1. The van der Waals surface area contributed by atoms with Crippen molar-refractivity contribution in [3.8, 4) is 0 Å². The largest absolute Gasteiger partial charge is 0.303 e. The third-order valence-corrected chi connectivity index (χ3v) is 4.36. The first-order valence-corrected chi connectivity index (χ1v) is 6.48. The molecule has 0 saturated carbocycles. The van der Waals surface area contributed by atoms with Gasteiger partial charge in [0.05, 0.1) is 0 Å². The molecule has 0 spiro atoms. The molecule has 0 aliphatic carbocycles. The minimum absolute atomic E-state index is 0.331. The van der Waals surface area contributed by atoms with Gasteiger partial charge in [-0.1, -0.05) is 0 Å². The molecule has 0 aromatic carbocycles. The van der Waals surface area contributed by atoms with Crippen molar-refractivity contribution in [1.82, 2.24) is 9.80 Å². The summed E-state index contributed by atoms with van der Waals surface area (Å²) in [5, 5.41) is 0. The Labute approximate surface area is 98.8 Å². The zero-order chi connectivity index (χ0) is 11.7. The van der Waals surface area contributed by atoms with Crippen molar-refractivity contribution in [3.05, 3.63) is 0 Å². The van der Waals surface area contributed by atoms with Gasteiger partial charge in [0, 0.05) is 25.0 Å². The Kier molecular flexibility index (Phi) is 3.65. The molecule has 3 atom stereocenters. The average molecular weight is 224 g/mol. The first-order valence-electron chi connectivity index (χ1n) is 6.48. The van der Waals surface area contributed by atoms with Crippen LogP contribution in [0.25, 0.3) is 0 Å². The van der Waals surface area contributed by atoms with Crippen molar-refractivity contribution in [1.29, 1.82) is 0 Å². The highest BCUT2D eigenvalue weighted by Crippen LogP contribution is 2.33. The molecular formula is C13H24N2O. The van der Waals surface area contributed by atoms with Crippen molar-refractivity contribution in [2.24, 2.45) is 5.92 Å². The molecule has 2 fully saturated rings. The van der Waals surface area contributed by atoms with Crippen LogP contribution in [0.5, 0.6) is 0 Å². The van der Waals surface area contributed by atoms with Crippen LogP contribution in [-0.2, 0) is 4.79 Å². The van der Waals surface area contributed by atoms with Crippen LogP contribution < -0.4 is 0 Å². The van der Waals surface area contributed by atoms with Crippen molar-refractivity contribution >= 4 is 5.78 Å². The van der Waals surface area contributed by atoms with Gasteiger partial charge in [-0.2, -0.15) is 0 Å². The maximum absolute atomic E-state index is 11.2. The van der Waals surface area contributed by atoms with Crippen molar-refractivity contribution < 1.29 is 4.79 Å². The van der Waals surface area contributed by atoms with Gasteiger partial charge in [-0.15, -0.1) is 0 Å². The van der Waals surface area contributed by atoms with Gasteiger partial charge < -0.3 is 9.80 Å². The zero-order valence-electron chi connectivity index (χ0n) is 10.8. The molecule has 0 aromatic heterocycles. The smallest absolute Gasteiger partial charge is 0.131 e. The van der Waals surface area contributed by atoms with Gasteiger partial charge in [-0.3, -0.25) is 4.79 Å². The Hall–Kier alpha value is -0.410. The van der Waals surface area contributed by atoms with E-state index in [2.05, 4.69) is 23.9 Å².